The second-order valence-electron chi connectivity index (χ2n) is 5.51. The lowest BCUT2D eigenvalue weighted by atomic mass is 10.1. The highest BCUT2D eigenvalue weighted by molar-refractivity contribution is 7.85. The quantitative estimate of drug-likeness (QED) is 0.596. The van der Waals surface area contributed by atoms with Crippen molar-refractivity contribution in [2.45, 2.75) is 6.42 Å². The summed E-state index contributed by atoms with van der Waals surface area (Å²) in [5.74, 6) is -0.339. The van der Waals surface area contributed by atoms with E-state index >= 15 is 0 Å². The molecule has 1 aromatic carbocycles. The van der Waals surface area contributed by atoms with Crippen LogP contribution in [0.25, 0.3) is 0 Å². The number of carbonyl (C=O) groups excluding carboxylic acids is 2. The average molecular weight is 309 g/mol. The Morgan fingerprint density at radius 3 is 2.24 bits per heavy atom. The van der Waals surface area contributed by atoms with Gasteiger partial charge in [-0.05, 0) is 30.4 Å². The summed E-state index contributed by atoms with van der Waals surface area (Å²) >= 11 is 0. The van der Waals surface area contributed by atoms with Gasteiger partial charge in [0.25, 0.3) is 21.9 Å². The fourth-order valence-corrected chi connectivity index (χ4v) is 3.01. The van der Waals surface area contributed by atoms with E-state index in [0.29, 0.717) is 17.7 Å². The summed E-state index contributed by atoms with van der Waals surface area (Å²) in [6.45, 7) is 0.441. The van der Waals surface area contributed by atoms with Gasteiger partial charge in [0, 0.05) is 6.54 Å². The zero-order valence-electron chi connectivity index (χ0n) is 11.5. The Hall–Kier alpha value is -1.73. The summed E-state index contributed by atoms with van der Waals surface area (Å²) in [4.78, 5) is 25.6. The molecule has 0 N–H and O–H groups in total. The first kappa shape index (κ1) is 14.2. The number of imide groups is 1. The third-order valence-electron chi connectivity index (χ3n) is 3.86. The summed E-state index contributed by atoms with van der Waals surface area (Å²) in [7, 11) is -3.44. The maximum Gasteiger partial charge on any atom is 0.264 e. The molecule has 2 atom stereocenters. The number of fused-ring (bicyclic) bond motifs is 1. The van der Waals surface area contributed by atoms with Crippen molar-refractivity contribution in [3.8, 4) is 0 Å². The lowest BCUT2D eigenvalue weighted by molar-refractivity contribution is 0.0643. The van der Waals surface area contributed by atoms with Crippen LogP contribution in [-0.2, 0) is 14.3 Å². The normalized spacial score (nSPS) is 24.3. The summed E-state index contributed by atoms with van der Waals surface area (Å²) < 4.78 is 26.6. The molecule has 21 heavy (non-hydrogen) atoms. The first-order valence-electron chi connectivity index (χ1n) is 6.66. The molecule has 1 aliphatic carbocycles. The van der Waals surface area contributed by atoms with Gasteiger partial charge in [0.1, 0.15) is 0 Å². The molecule has 1 saturated carbocycles. The molecule has 112 valence electrons. The molecule has 3 rings (SSSR count). The Labute approximate surface area is 122 Å². The topological polar surface area (TPSA) is 80.8 Å². The molecule has 0 radical (unpaired) electrons. The van der Waals surface area contributed by atoms with E-state index in [0.717, 1.165) is 12.7 Å². The highest BCUT2D eigenvalue weighted by Gasteiger charge is 2.44. The summed E-state index contributed by atoms with van der Waals surface area (Å²) in [6.07, 6.45) is 1.78. The lowest BCUT2D eigenvalue weighted by Gasteiger charge is -2.13. The van der Waals surface area contributed by atoms with Crippen LogP contribution >= 0.6 is 0 Å². The molecule has 0 bridgehead atoms. The van der Waals surface area contributed by atoms with E-state index in [9.17, 15) is 18.0 Å². The molecule has 6 nitrogen and oxygen atoms in total. The SMILES string of the molecule is CS(=O)(=O)OCC1CC1CN1C(=O)c2ccccc2C1=O. The van der Waals surface area contributed by atoms with Crippen molar-refractivity contribution >= 4 is 21.9 Å². The second kappa shape index (κ2) is 4.92. The third kappa shape index (κ3) is 2.84. The Kier molecular flexibility index (Phi) is 3.33. The van der Waals surface area contributed by atoms with Crippen molar-refractivity contribution in [1.82, 2.24) is 4.90 Å². The fraction of sp³-hybridized carbons (Fsp3) is 0.429. The maximum atomic E-state index is 12.2. The minimum absolute atomic E-state index is 0.0871. The summed E-state index contributed by atoms with van der Waals surface area (Å²) in [6, 6.07) is 6.75. The molecule has 0 saturated heterocycles. The van der Waals surface area contributed by atoms with Crippen LogP contribution in [0.2, 0.25) is 0 Å². The maximum absolute atomic E-state index is 12.2. The van der Waals surface area contributed by atoms with Gasteiger partial charge in [-0.15, -0.1) is 0 Å². The number of nitrogens with zero attached hydrogens (tertiary/aromatic N) is 1. The highest BCUT2D eigenvalue weighted by atomic mass is 32.2. The first-order valence-corrected chi connectivity index (χ1v) is 8.48. The van der Waals surface area contributed by atoms with Crippen LogP contribution in [0.4, 0.5) is 0 Å². The summed E-state index contributed by atoms with van der Waals surface area (Å²) in [5, 5.41) is 0. The second-order valence-corrected chi connectivity index (χ2v) is 7.15. The van der Waals surface area contributed by atoms with E-state index in [2.05, 4.69) is 0 Å². The molecule has 0 spiro atoms. The number of benzene rings is 1. The van der Waals surface area contributed by atoms with Gasteiger partial charge in [-0.2, -0.15) is 8.42 Å². The smallest absolute Gasteiger partial charge is 0.264 e. The van der Waals surface area contributed by atoms with Crippen molar-refractivity contribution in [3.05, 3.63) is 35.4 Å². The Morgan fingerprint density at radius 1 is 1.14 bits per heavy atom. The van der Waals surface area contributed by atoms with Crippen molar-refractivity contribution in [2.75, 3.05) is 19.4 Å². The van der Waals surface area contributed by atoms with Crippen LogP contribution < -0.4 is 0 Å². The van der Waals surface area contributed by atoms with E-state index < -0.39 is 10.1 Å². The van der Waals surface area contributed by atoms with Crippen LogP contribution in [0.1, 0.15) is 27.1 Å². The minimum Gasteiger partial charge on any atom is -0.274 e. The Balaban J connectivity index is 1.61. The molecule has 2 amide bonds. The number of hydrogen-bond acceptors (Lipinski definition) is 5. The first-order chi connectivity index (χ1) is 9.87. The number of carbonyl (C=O) groups is 2. The van der Waals surface area contributed by atoms with Crippen LogP contribution in [0, 0.1) is 11.8 Å². The molecule has 7 heteroatoms. The predicted molar refractivity (Wildman–Crippen MR) is 74.2 cm³/mol. The van der Waals surface area contributed by atoms with E-state index in [4.69, 9.17) is 4.18 Å². The fourth-order valence-electron chi connectivity index (χ4n) is 2.59. The average Bonchev–Trinajstić information content (AvgIpc) is 3.14. The van der Waals surface area contributed by atoms with Crippen molar-refractivity contribution in [2.24, 2.45) is 11.8 Å². The Bertz CT molecular complexity index is 677. The van der Waals surface area contributed by atoms with E-state index in [1.165, 1.54) is 4.90 Å². The highest BCUT2D eigenvalue weighted by Crippen LogP contribution is 2.40. The monoisotopic (exact) mass is 309 g/mol. The molecule has 0 aromatic heterocycles. The van der Waals surface area contributed by atoms with Crippen LogP contribution in [0.5, 0.6) is 0 Å². The van der Waals surface area contributed by atoms with Gasteiger partial charge >= 0.3 is 0 Å². The van der Waals surface area contributed by atoms with E-state index in [-0.39, 0.29) is 30.3 Å². The molecule has 2 unspecified atom stereocenters. The molecule has 1 aliphatic heterocycles. The predicted octanol–water partition coefficient (Wildman–Crippen LogP) is 0.895. The number of amides is 2. The molecular weight excluding hydrogens is 294 g/mol. The van der Waals surface area contributed by atoms with E-state index in [1.54, 1.807) is 24.3 Å². The lowest BCUT2D eigenvalue weighted by Crippen LogP contribution is -2.32. The van der Waals surface area contributed by atoms with Gasteiger partial charge in [-0.3, -0.25) is 18.7 Å². The van der Waals surface area contributed by atoms with Gasteiger partial charge in [-0.25, -0.2) is 0 Å². The molecule has 2 aliphatic rings. The number of rotatable bonds is 5. The molecule has 1 aromatic rings. The zero-order chi connectivity index (χ0) is 15.2. The largest absolute Gasteiger partial charge is 0.274 e. The summed E-state index contributed by atoms with van der Waals surface area (Å²) in [5.41, 5.74) is 0.874. The third-order valence-corrected chi connectivity index (χ3v) is 4.42. The number of hydrogen-bond donors (Lipinski definition) is 0. The van der Waals surface area contributed by atoms with Crippen LogP contribution in [0.15, 0.2) is 24.3 Å². The standard InChI is InChI=1S/C14H15NO5S/c1-21(18,19)20-8-10-6-9(10)7-15-13(16)11-4-2-3-5-12(11)14(15)17/h2-5,9-10H,6-8H2,1H3. The van der Waals surface area contributed by atoms with Crippen LogP contribution in [-0.4, -0.2) is 44.5 Å². The zero-order valence-corrected chi connectivity index (χ0v) is 12.3. The molecule has 1 heterocycles. The minimum atomic E-state index is -3.44. The Morgan fingerprint density at radius 2 is 1.71 bits per heavy atom. The van der Waals surface area contributed by atoms with Gasteiger partial charge < -0.3 is 0 Å². The van der Waals surface area contributed by atoms with Gasteiger partial charge in [0.2, 0.25) is 0 Å². The van der Waals surface area contributed by atoms with E-state index in [1.807, 2.05) is 0 Å². The van der Waals surface area contributed by atoms with Crippen LogP contribution in [0.3, 0.4) is 0 Å². The van der Waals surface area contributed by atoms with Crippen molar-refractivity contribution in [3.63, 3.8) is 0 Å². The van der Waals surface area contributed by atoms with Crippen molar-refractivity contribution < 1.29 is 22.2 Å². The van der Waals surface area contributed by atoms with Gasteiger partial charge in [0.15, 0.2) is 0 Å². The molecular formula is C14H15NO5S. The van der Waals surface area contributed by atoms with Gasteiger partial charge in [-0.1, -0.05) is 12.1 Å². The molecule has 1 fully saturated rings. The van der Waals surface area contributed by atoms with Gasteiger partial charge in [0.05, 0.1) is 24.0 Å². The van der Waals surface area contributed by atoms with Crippen molar-refractivity contribution in [1.29, 1.82) is 0 Å².